The first kappa shape index (κ1) is 36.0. The van der Waals surface area contributed by atoms with Gasteiger partial charge < -0.3 is 34.4 Å². The lowest BCUT2D eigenvalue weighted by atomic mass is 9.86. The van der Waals surface area contributed by atoms with Crippen molar-refractivity contribution in [2.75, 3.05) is 27.4 Å². The molecule has 1 fully saturated rings. The van der Waals surface area contributed by atoms with Crippen molar-refractivity contribution in [1.29, 1.82) is 0 Å². The summed E-state index contributed by atoms with van der Waals surface area (Å²) >= 11 is 0. The second-order valence-electron chi connectivity index (χ2n) is 12.4. The molecule has 2 aliphatic heterocycles. The monoisotopic (exact) mass is 597 g/mol. The Bertz CT molecular complexity index is 950. The number of cyclic esters (lactones) is 1. The zero-order valence-corrected chi connectivity index (χ0v) is 26.0. The van der Waals surface area contributed by atoms with E-state index in [4.69, 9.17) is 14.2 Å². The maximum atomic E-state index is 13.2. The van der Waals surface area contributed by atoms with Crippen molar-refractivity contribution in [3.05, 3.63) is 12.2 Å². The van der Waals surface area contributed by atoms with Gasteiger partial charge in [0.2, 0.25) is 5.79 Å². The Labute approximate surface area is 249 Å². The minimum absolute atomic E-state index is 0.0731. The average molecular weight is 598 g/mol. The number of Topliss-reactive ketones (excluding diaryl/α,β-unsaturated/α-hetero) is 1. The van der Waals surface area contributed by atoms with Crippen molar-refractivity contribution in [2.45, 2.75) is 109 Å². The number of piperidine rings is 1. The smallest absolute Gasteiger partial charge is 0.328 e. The fourth-order valence-corrected chi connectivity index (χ4v) is 5.79. The van der Waals surface area contributed by atoms with Gasteiger partial charge in [0, 0.05) is 39.0 Å². The van der Waals surface area contributed by atoms with Gasteiger partial charge in [-0.2, -0.15) is 0 Å². The highest BCUT2D eigenvalue weighted by atomic mass is 16.5. The number of allylic oxidation sites excluding steroid dienone is 2. The van der Waals surface area contributed by atoms with E-state index in [2.05, 4.69) is 6.92 Å². The SMILES string of the molecule is COC1CC(C)CC(C)/C=C/C(=O)CC(O)C(C)COC(=O)C2CCCCN2C(=O)C(=O)C(O)(O)C(C)CC(OC)C1. The molecule has 2 heterocycles. The molecule has 8 unspecified atom stereocenters. The fourth-order valence-electron chi connectivity index (χ4n) is 5.79. The number of aliphatic hydroxyl groups excluding tert-OH is 1. The van der Waals surface area contributed by atoms with E-state index < -0.39 is 53.5 Å². The second-order valence-corrected chi connectivity index (χ2v) is 12.4. The molecule has 1 amide bonds. The molecule has 3 N–H and O–H groups in total. The maximum Gasteiger partial charge on any atom is 0.328 e. The zero-order chi connectivity index (χ0) is 31.6. The summed E-state index contributed by atoms with van der Waals surface area (Å²) in [4.78, 5) is 52.9. The summed E-state index contributed by atoms with van der Waals surface area (Å²) < 4.78 is 16.7. The fraction of sp³-hybridized carbons (Fsp3) is 0.806. The lowest BCUT2D eigenvalue weighted by molar-refractivity contribution is -0.208. The average Bonchev–Trinajstić information content (AvgIpc) is 2.96. The summed E-state index contributed by atoms with van der Waals surface area (Å²) in [6, 6.07) is -1.07. The summed E-state index contributed by atoms with van der Waals surface area (Å²) in [5, 5.41) is 32.3. The van der Waals surface area contributed by atoms with Gasteiger partial charge in [0.15, 0.2) is 5.78 Å². The molecule has 240 valence electrons. The van der Waals surface area contributed by atoms with Crippen LogP contribution >= 0.6 is 0 Å². The van der Waals surface area contributed by atoms with Crippen molar-refractivity contribution in [3.63, 3.8) is 0 Å². The van der Waals surface area contributed by atoms with Crippen LogP contribution in [0.4, 0.5) is 0 Å². The normalized spacial score (nSPS) is 36.2. The number of ether oxygens (including phenoxy) is 3. The van der Waals surface area contributed by atoms with Crippen LogP contribution in [-0.4, -0.2) is 101 Å². The van der Waals surface area contributed by atoms with Gasteiger partial charge in [0.25, 0.3) is 11.7 Å². The molecule has 0 aromatic heterocycles. The number of ketones is 2. The molecular formula is C31H51NO10. The highest BCUT2D eigenvalue weighted by Gasteiger charge is 2.48. The summed E-state index contributed by atoms with van der Waals surface area (Å²) in [5.41, 5.74) is 0. The first-order valence-electron chi connectivity index (χ1n) is 15.1. The van der Waals surface area contributed by atoms with Crippen LogP contribution in [0.5, 0.6) is 0 Å². The maximum absolute atomic E-state index is 13.2. The van der Waals surface area contributed by atoms with E-state index in [1.54, 1.807) is 14.0 Å². The van der Waals surface area contributed by atoms with Crippen LogP contribution in [0.3, 0.4) is 0 Å². The molecular weight excluding hydrogens is 546 g/mol. The molecule has 11 nitrogen and oxygen atoms in total. The van der Waals surface area contributed by atoms with Crippen LogP contribution in [0.25, 0.3) is 0 Å². The van der Waals surface area contributed by atoms with Crippen molar-refractivity contribution >= 4 is 23.4 Å². The van der Waals surface area contributed by atoms with Gasteiger partial charge in [-0.25, -0.2) is 4.79 Å². The molecule has 42 heavy (non-hydrogen) atoms. The number of esters is 1. The number of aliphatic hydroxyl groups is 3. The molecule has 0 bridgehead atoms. The minimum Gasteiger partial charge on any atom is -0.464 e. The van der Waals surface area contributed by atoms with Gasteiger partial charge in [-0.05, 0) is 62.9 Å². The number of nitrogens with zero attached hydrogens (tertiary/aromatic N) is 1. The van der Waals surface area contributed by atoms with E-state index in [9.17, 15) is 34.5 Å². The summed E-state index contributed by atoms with van der Waals surface area (Å²) in [7, 11) is 3.09. The standard InChI is InChI=1S/C31H51NO10/c1-19-10-11-23(33)16-27(34)21(3)18-42-30(37)26-9-7-8-12-32(26)29(36)28(35)31(38,39)22(4)15-25(41-6)17-24(40-5)14-20(2)13-19/h10-11,19-22,24-27,34,38-39H,7-9,12-18H2,1-6H3/b11-10+. The molecule has 2 aliphatic rings. The zero-order valence-electron chi connectivity index (χ0n) is 26.0. The van der Waals surface area contributed by atoms with Crippen LogP contribution in [0.15, 0.2) is 12.2 Å². The lowest BCUT2D eigenvalue weighted by Gasteiger charge is -2.36. The van der Waals surface area contributed by atoms with Gasteiger partial charge >= 0.3 is 5.97 Å². The predicted octanol–water partition coefficient (Wildman–Crippen LogP) is 2.19. The van der Waals surface area contributed by atoms with Crippen LogP contribution in [0.1, 0.15) is 79.1 Å². The summed E-state index contributed by atoms with van der Waals surface area (Å²) in [5.74, 6) is -7.81. The Kier molecular flexibility index (Phi) is 14.2. The predicted molar refractivity (Wildman–Crippen MR) is 154 cm³/mol. The van der Waals surface area contributed by atoms with Crippen molar-refractivity contribution in [1.82, 2.24) is 4.90 Å². The molecule has 0 spiro atoms. The molecule has 1 saturated heterocycles. The number of hydrogen-bond donors (Lipinski definition) is 3. The molecule has 0 aromatic carbocycles. The topological polar surface area (TPSA) is 160 Å². The Morgan fingerprint density at radius 3 is 2.21 bits per heavy atom. The van der Waals surface area contributed by atoms with E-state index >= 15 is 0 Å². The Balaban J connectivity index is 2.33. The third kappa shape index (κ3) is 10.2. The molecule has 8 atom stereocenters. The van der Waals surface area contributed by atoms with E-state index in [1.807, 2.05) is 13.0 Å². The van der Waals surface area contributed by atoms with E-state index in [0.717, 1.165) is 11.3 Å². The largest absolute Gasteiger partial charge is 0.464 e. The van der Waals surface area contributed by atoms with Gasteiger partial charge in [-0.15, -0.1) is 0 Å². The second kappa shape index (κ2) is 16.6. The molecule has 0 aromatic rings. The van der Waals surface area contributed by atoms with Crippen molar-refractivity contribution < 1.29 is 48.7 Å². The van der Waals surface area contributed by atoms with Crippen LogP contribution < -0.4 is 0 Å². The number of hydrogen-bond acceptors (Lipinski definition) is 10. The number of carbonyl (C=O) groups is 4. The van der Waals surface area contributed by atoms with Gasteiger partial charge in [-0.1, -0.05) is 33.8 Å². The Morgan fingerprint density at radius 2 is 1.57 bits per heavy atom. The highest BCUT2D eigenvalue weighted by Crippen LogP contribution is 2.29. The molecule has 2 rings (SSSR count). The molecule has 0 radical (unpaired) electrons. The number of carbonyl (C=O) groups excluding carboxylic acids is 4. The van der Waals surface area contributed by atoms with Crippen LogP contribution in [-0.2, 0) is 33.4 Å². The highest BCUT2D eigenvalue weighted by molar-refractivity contribution is 6.39. The van der Waals surface area contributed by atoms with Crippen LogP contribution in [0, 0.1) is 23.7 Å². The van der Waals surface area contributed by atoms with Gasteiger partial charge in [-0.3, -0.25) is 14.4 Å². The number of fused-ring (bicyclic) bond motifs is 1. The quantitative estimate of drug-likeness (QED) is 0.245. The molecule has 0 saturated carbocycles. The molecule has 0 aliphatic carbocycles. The van der Waals surface area contributed by atoms with Crippen molar-refractivity contribution in [2.24, 2.45) is 23.7 Å². The number of methoxy groups -OCH3 is 2. The van der Waals surface area contributed by atoms with E-state index in [1.165, 1.54) is 20.1 Å². The van der Waals surface area contributed by atoms with Crippen molar-refractivity contribution in [3.8, 4) is 0 Å². The van der Waals surface area contributed by atoms with Gasteiger partial charge in [0.05, 0.1) is 24.9 Å². The van der Waals surface area contributed by atoms with Gasteiger partial charge in [0.1, 0.15) is 6.04 Å². The Morgan fingerprint density at radius 1 is 0.929 bits per heavy atom. The first-order chi connectivity index (χ1) is 19.7. The van der Waals surface area contributed by atoms with E-state index in [0.29, 0.717) is 25.7 Å². The third-order valence-electron chi connectivity index (χ3n) is 8.67. The number of amides is 1. The Hall–Kier alpha value is -2.18. The first-order valence-corrected chi connectivity index (χ1v) is 15.1. The minimum atomic E-state index is -2.97. The molecule has 11 heteroatoms. The summed E-state index contributed by atoms with van der Waals surface area (Å²) in [6.45, 7) is 7.12. The summed E-state index contributed by atoms with van der Waals surface area (Å²) in [6.07, 6.45) is 4.84. The lowest BCUT2D eigenvalue weighted by Crippen LogP contribution is -2.58. The van der Waals surface area contributed by atoms with Crippen LogP contribution in [0.2, 0.25) is 0 Å². The van der Waals surface area contributed by atoms with E-state index in [-0.39, 0.29) is 56.1 Å². The third-order valence-corrected chi connectivity index (χ3v) is 8.67. The number of rotatable bonds is 2.